The Bertz CT molecular complexity index is 816. The normalized spacial score (nSPS) is 11.1. The lowest BCUT2D eigenvalue weighted by molar-refractivity contribution is -0.137. The van der Waals surface area contributed by atoms with Crippen LogP contribution in [0.1, 0.15) is 5.56 Å². The molecular weight excluding hydrogens is 403 g/mol. The second kappa shape index (κ2) is 9.09. The summed E-state index contributed by atoms with van der Waals surface area (Å²) in [6, 6.07) is 7.94. The molecule has 1 heterocycles. The number of hydrogen-bond donors (Lipinski definition) is 1. The second-order valence-electron chi connectivity index (χ2n) is 5.44. The number of carbonyl (C=O) groups excluding carboxylic acids is 2. The van der Waals surface area contributed by atoms with Crippen LogP contribution < -0.4 is 5.32 Å². The molecule has 0 spiro atoms. The summed E-state index contributed by atoms with van der Waals surface area (Å²) in [6.07, 6.45) is -3.14. The minimum atomic E-state index is -4.59. The number of hydrogen-bond acceptors (Lipinski definition) is 4. The van der Waals surface area contributed by atoms with Gasteiger partial charge in [-0.3, -0.25) is 9.59 Å². The number of likely N-dealkylation sites (N-methyl/N-ethyl adjacent to an activating group) is 1. The van der Waals surface area contributed by atoms with Crippen molar-refractivity contribution in [3.63, 3.8) is 0 Å². The van der Waals surface area contributed by atoms with Gasteiger partial charge in [0, 0.05) is 13.2 Å². The summed E-state index contributed by atoms with van der Waals surface area (Å²) in [7, 11) is 1.40. The largest absolute Gasteiger partial charge is 0.418 e. The first-order valence-corrected chi connectivity index (χ1v) is 8.97. The first-order valence-electron chi connectivity index (χ1n) is 7.61. The fourth-order valence-electron chi connectivity index (χ4n) is 2.03. The molecule has 2 aromatic rings. The zero-order chi connectivity index (χ0) is 20.0. The Morgan fingerprint density at radius 3 is 2.56 bits per heavy atom. The predicted molar refractivity (Wildman–Crippen MR) is 97.7 cm³/mol. The van der Waals surface area contributed by atoms with E-state index in [1.165, 1.54) is 25.4 Å². The molecule has 1 N–H and O–H groups in total. The number of para-hydroxylation sites is 1. The van der Waals surface area contributed by atoms with Crippen molar-refractivity contribution < 1.29 is 22.8 Å². The van der Waals surface area contributed by atoms with Crippen LogP contribution in [0.2, 0.25) is 5.02 Å². The van der Waals surface area contributed by atoms with Gasteiger partial charge in [0.05, 0.1) is 33.6 Å². The average molecular weight is 418 g/mol. The fourth-order valence-corrected chi connectivity index (χ4v) is 2.92. The third kappa shape index (κ3) is 6.44. The topological polar surface area (TPSA) is 62.3 Å². The summed E-state index contributed by atoms with van der Waals surface area (Å²) in [5.74, 6) is -1.06. The number of halogens is 4. The van der Waals surface area contributed by atoms with E-state index >= 15 is 0 Å². The quantitative estimate of drug-likeness (QED) is 0.723. The Kier molecular flexibility index (Phi) is 7.09. The maximum Gasteiger partial charge on any atom is 0.418 e. The lowest BCUT2D eigenvalue weighted by Crippen LogP contribution is -2.36. The van der Waals surface area contributed by atoms with Crippen LogP contribution in [-0.4, -0.2) is 41.0 Å². The zero-order valence-corrected chi connectivity index (χ0v) is 15.7. The summed E-state index contributed by atoms with van der Waals surface area (Å²) in [4.78, 5) is 29.3. The number of carbonyl (C=O) groups is 2. The number of aromatic nitrogens is 1. The van der Waals surface area contributed by atoms with E-state index in [1.54, 1.807) is 12.1 Å². The lowest BCUT2D eigenvalue weighted by atomic mass is 10.1. The molecule has 2 rings (SSSR count). The van der Waals surface area contributed by atoms with E-state index in [0.29, 0.717) is 10.0 Å². The summed E-state index contributed by atoms with van der Waals surface area (Å²) in [5, 5.41) is 3.25. The van der Waals surface area contributed by atoms with E-state index in [1.807, 2.05) is 0 Å². The zero-order valence-electron chi connectivity index (χ0n) is 14.1. The maximum absolute atomic E-state index is 12.9. The van der Waals surface area contributed by atoms with E-state index < -0.39 is 17.6 Å². The van der Waals surface area contributed by atoms with Crippen molar-refractivity contribution in [3.05, 3.63) is 53.2 Å². The smallest absolute Gasteiger partial charge is 0.336 e. The van der Waals surface area contributed by atoms with Gasteiger partial charge in [-0.25, -0.2) is 4.98 Å². The van der Waals surface area contributed by atoms with Gasteiger partial charge in [0.15, 0.2) is 0 Å². The molecule has 10 heteroatoms. The molecule has 1 aromatic carbocycles. The number of amides is 2. The molecule has 2 amide bonds. The average Bonchev–Trinajstić information content (AvgIpc) is 2.60. The van der Waals surface area contributed by atoms with Crippen LogP contribution in [0.25, 0.3) is 0 Å². The monoisotopic (exact) mass is 417 g/mol. The predicted octanol–water partition coefficient (Wildman–Crippen LogP) is 3.94. The van der Waals surface area contributed by atoms with Crippen molar-refractivity contribution in [3.8, 4) is 0 Å². The van der Waals surface area contributed by atoms with Crippen LogP contribution in [0.4, 0.5) is 18.9 Å². The minimum absolute atomic E-state index is 0.0253. The Balaban J connectivity index is 1.90. The Labute approximate surface area is 162 Å². The van der Waals surface area contributed by atoms with Crippen molar-refractivity contribution in [1.29, 1.82) is 0 Å². The van der Waals surface area contributed by atoms with Gasteiger partial charge in [0.1, 0.15) is 0 Å². The molecule has 5 nitrogen and oxygen atoms in total. The van der Waals surface area contributed by atoms with Crippen molar-refractivity contribution in [2.24, 2.45) is 0 Å². The van der Waals surface area contributed by atoms with Crippen LogP contribution in [0.15, 0.2) is 47.6 Å². The van der Waals surface area contributed by atoms with Crippen molar-refractivity contribution in [1.82, 2.24) is 9.88 Å². The van der Waals surface area contributed by atoms with Gasteiger partial charge >= 0.3 is 6.18 Å². The molecule has 0 radical (unpaired) electrons. The standard InChI is InChI=1S/C17H15ClF3N3O2S/c1-24(16(26)10-27-15-7-6-11(18)8-22-15)9-14(25)23-13-5-3-2-4-12(13)17(19,20)21/h2-8H,9-10H2,1H3,(H,23,25). The van der Waals surface area contributed by atoms with Gasteiger partial charge in [0.25, 0.3) is 0 Å². The molecule has 0 aliphatic rings. The molecule has 0 bridgehead atoms. The van der Waals surface area contributed by atoms with Gasteiger partial charge < -0.3 is 10.2 Å². The highest BCUT2D eigenvalue weighted by atomic mass is 35.5. The highest BCUT2D eigenvalue weighted by Crippen LogP contribution is 2.34. The SMILES string of the molecule is CN(CC(=O)Nc1ccccc1C(F)(F)F)C(=O)CSc1ccc(Cl)cn1. The number of nitrogens with zero attached hydrogens (tertiary/aromatic N) is 2. The van der Waals surface area contributed by atoms with Crippen LogP contribution in [0.5, 0.6) is 0 Å². The molecule has 0 saturated carbocycles. The lowest BCUT2D eigenvalue weighted by Gasteiger charge is -2.18. The Hall–Kier alpha value is -2.26. The summed E-state index contributed by atoms with van der Waals surface area (Å²) >= 11 is 6.89. The third-order valence-corrected chi connectivity index (χ3v) is 4.51. The van der Waals surface area contributed by atoms with E-state index in [0.717, 1.165) is 28.8 Å². The van der Waals surface area contributed by atoms with Crippen molar-refractivity contribution in [2.75, 3.05) is 24.7 Å². The van der Waals surface area contributed by atoms with Crippen LogP contribution >= 0.6 is 23.4 Å². The Morgan fingerprint density at radius 1 is 1.22 bits per heavy atom. The van der Waals surface area contributed by atoms with Gasteiger partial charge in [-0.1, -0.05) is 35.5 Å². The second-order valence-corrected chi connectivity index (χ2v) is 6.88. The molecule has 144 valence electrons. The molecule has 0 aliphatic heterocycles. The van der Waals surface area contributed by atoms with Gasteiger partial charge in [0.2, 0.25) is 11.8 Å². The molecule has 0 saturated heterocycles. The first kappa shape index (κ1) is 21.0. The molecule has 27 heavy (non-hydrogen) atoms. The summed E-state index contributed by atoms with van der Waals surface area (Å²) in [5.41, 5.74) is -1.30. The van der Waals surface area contributed by atoms with Crippen LogP contribution in [0, 0.1) is 0 Å². The highest BCUT2D eigenvalue weighted by molar-refractivity contribution is 7.99. The number of pyridine rings is 1. The fraction of sp³-hybridized carbons (Fsp3) is 0.235. The number of benzene rings is 1. The third-order valence-electron chi connectivity index (χ3n) is 3.36. The van der Waals surface area contributed by atoms with Crippen LogP contribution in [-0.2, 0) is 15.8 Å². The summed E-state index contributed by atoms with van der Waals surface area (Å²) < 4.78 is 38.8. The van der Waals surface area contributed by atoms with Gasteiger partial charge in [-0.15, -0.1) is 0 Å². The van der Waals surface area contributed by atoms with Crippen molar-refractivity contribution in [2.45, 2.75) is 11.2 Å². The van der Waals surface area contributed by atoms with Gasteiger partial charge in [-0.2, -0.15) is 13.2 Å². The van der Waals surface area contributed by atoms with Crippen LogP contribution in [0.3, 0.4) is 0 Å². The van der Waals surface area contributed by atoms with E-state index in [4.69, 9.17) is 11.6 Å². The number of rotatable bonds is 6. The van der Waals surface area contributed by atoms with E-state index in [-0.39, 0.29) is 23.9 Å². The van der Waals surface area contributed by atoms with E-state index in [2.05, 4.69) is 10.3 Å². The minimum Gasteiger partial charge on any atom is -0.336 e. The highest BCUT2D eigenvalue weighted by Gasteiger charge is 2.33. The number of anilines is 1. The Morgan fingerprint density at radius 2 is 1.93 bits per heavy atom. The van der Waals surface area contributed by atoms with Gasteiger partial charge in [-0.05, 0) is 24.3 Å². The number of nitrogens with one attached hydrogen (secondary N) is 1. The number of alkyl halides is 3. The van der Waals surface area contributed by atoms with Crippen molar-refractivity contribution >= 4 is 40.9 Å². The first-order chi connectivity index (χ1) is 12.7. The summed E-state index contributed by atoms with van der Waals surface area (Å²) in [6.45, 7) is -0.375. The maximum atomic E-state index is 12.9. The molecule has 0 fully saturated rings. The van der Waals surface area contributed by atoms with E-state index in [9.17, 15) is 22.8 Å². The molecule has 0 aliphatic carbocycles. The molecule has 1 aromatic heterocycles. The number of thioether (sulfide) groups is 1. The molecule has 0 unspecified atom stereocenters. The molecular formula is C17H15ClF3N3O2S. The molecule has 0 atom stereocenters.